The van der Waals surface area contributed by atoms with Crippen LogP contribution in [0.2, 0.25) is 0 Å². The summed E-state index contributed by atoms with van der Waals surface area (Å²) in [5.74, 6) is 0.295. The summed E-state index contributed by atoms with van der Waals surface area (Å²) in [5, 5.41) is 16.6. The molecule has 1 aliphatic heterocycles. The van der Waals surface area contributed by atoms with Crippen LogP contribution in [0.25, 0.3) is 12.2 Å². The van der Waals surface area contributed by atoms with Crippen molar-refractivity contribution in [1.29, 1.82) is 0 Å². The molecule has 3 amide bonds. The third kappa shape index (κ3) is 6.46. The lowest BCUT2D eigenvalue weighted by Crippen LogP contribution is -2.50. The van der Waals surface area contributed by atoms with Gasteiger partial charge in [-0.2, -0.15) is 0 Å². The van der Waals surface area contributed by atoms with E-state index in [0.717, 1.165) is 11.1 Å². The summed E-state index contributed by atoms with van der Waals surface area (Å²) in [4.78, 5) is 34.3. The Labute approximate surface area is 228 Å². The average Bonchev–Trinajstić information content (AvgIpc) is 3.25. The van der Waals surface area contributed by atoms with Gasteiger partial charge in [0, 0.05) is 25.7 Å². The second-order valence-corrected chi connectivity index (χ2v) is 10.00. The van der Waals surface area contributed by atoms with Gasteiger partial charge in [0.1, 0.15) is 23.0 Å². The fourth-order valence-electron chi connectivity index (χ4n) is 4.40. The first kappa shape index (κ1) is 27.8. The van der Waals surface area contributed by atoms with Crippen molar-refractivity contribution in [2.75, 3.05) is 32.1 Å². The van der Waals surface area contributed by atoms with Crippen LogP contribution in [0.15, 0.2) is 47.1 Å². The van der Waals surface area contributed by atoms with Crippen LogP contribution < -0.4 is 10.1 Å². The zero-order valence-corrected chi connectivity index (χ0v) is 22.9. The smallest absolute Gasteiger partial charge is 0.321 e. The highest BCUT2D eigenvalue weighted by molar-refractivity contribution is 5.97. The number of likely N-dealkylation sites (N-methyl/N-ethyl adjacent to an activating group) is 1. The molecule has 10 heteroatoms. The molecule has 4 rings (SSSR count). The molecular formula is C29H35N5O5. The number of carbonyl (C=O) groups excluding carboxylic acids is 2. The number of aliphatic hydroxyl groups is 1. The molecule has 0 aliphatic carbocycles. The van der Waals surface area contributed by atoms with E-state index in [9.17, 15) is 14.7 Å². The molecule has 2 aromatic heterocycles. The Kier molecular flexibility index (Phi) is 8.65. The van der Waals surface area contributed by atoms with Crippen LogP contribution in [-0.2, 0) is 0 Å². The Morgan fingerprint density at radius 2 is 1.97 bits per heavy atom. The first-order valence-corrected chi connectivity index (χ1v) is 12.9. The summed E-state index contributed by atoms with van der Waals surface area (Å²) >= 11 is 0. The predicted molar refractivity (Wildman–Crippen MR) is 148 cm³/mol. The topological polar surface area (TPSA) is 121 Å². The number of rotatable bonds is 7. The summed E-state index contributed by atoms with van der Waals surface area (Å²) in [5.41, 5.74) is 3.20. The van der Waals surface area contributed by atoms with Crippen molar-refractivity contribution >= 4 is 29.8 Å². The number of carbonyl (C=O) groups is 2. The number of urea groups is 1. The molecule has 0 bridgehead atoms. The van der Waals surface area contributed by atoms with Crippen LogP contribution in [-0.4, -0.2) is 75.9 Å². The summed E-state index contributed by atoms with van der Waals surface area (Å²) < 4.78 is 11.4. The number of hydrogen-bond acceptors (Lipinski definition) is 7. The van der Waals surface area contributed by atoms with Crippen molar-refractivity contribution < 1.29 is 24.0 Å². The van der Waals surface area contributed by atoms with Gasteiger partial charge in [-0.1, -0.05) is 54.6 Å². The minimum atomic E-state index is -0.469. The number of aryl methyl sites for hydroxylation is 2. The summed E-state index contributed by atoms with van der Waals surface area (Å²) in [7, 11) is 1.67. The summed E-state index contributed by atoms with van der Waals surface area (Å²) in [6.45, 7) is 7.65. The number of hydrogen-bond donors (Lipinski definition) is 2. The Balaban J connectivity index is 1.60. The number of nitrogens with one attached hydrogen (secondary N) is 1. The number of benzene rings is 1. The van der Waals surface area contributed by atoms with Gasteiger partial charge in [0.2, 0.25) is 5.88 Å². The standard InChI is InChI=1S/C29H35N5O5/c1-18-15-34(19(2)17-35)28(36)24-13-23(12-11-22-9-7-6-8-10-22)14-30-27(24)38-25(18)16-33(5)29(37)31-26-20(3)32-39-21(26)4/h6-14,18-19,25,35H,15-17H2,1-5H3,(H,31,37)/t18-,19+,25-/m1/s1. The third-order valence-electron chi connectivity index (χ3n) is 6.88. The molecule has 3 aromatic rings. The molecule has 39 heavy (non-hydrogen) atoms. The molecule has 0 saturated heterocycles. The number of aliphatic hydroxyl groups excluding tert-OH is 1. The monoisotopic (exact) mass is 533 g/mol. The Morgan fingerprint density at radius 3 is 2.64 bits per heavy atom. The summed E-state index contributed by atoms with van der Waals surface area (Å²) in [6.07, 6.45) is 5.02. The average molecular weight is 534 g/mol. The lowest BCUT2D eigenvalue weighted by Gasteiger charge is -2.37. The van der Waals surface area contributed by atoms with E-state index in [2.05, 4.69) is 15.5 Å². The van der Waals surface area contributed by atoms with Crippen molar-refractivity contribution in [3.8, 4) is 5.88 Å². The lowest BCUT2D eigenvalue weighted by atomic mass is 10.00. The van der Waals surface area contributed by atoms with Gasteiger partial charge in [-0.3, -0.25) is 4.79 Å². The maximum Gasteiger partial charge on any atom is 0.321 e. The van der Waals surface area contributed by atoms with Crippen LogP contribution >= 0.6 is 0 Å². The molecule has 0 unspecified atom stereocenters. The maximum absolute atomic E-state index is 13.6. The van der Waals surface area contributed by atoms with Gasteiger partial charge in [-0.25, -0.2) is 9.78 Å². The predicted octanol–water partition coefficient (Wildman–Crippen LogP) is 4.24. The van der Waals surface area contributed by atoms with Gasteiger partial charge in [-0.15, -0.1) is 0 Å². The molecule has 10 nitrogen and oxygen atoms in total. The van der Waals surface area contributed by atoms with Crippen molar-refractivity contribution in [2.24, 2.45) is 5.92 Å². The molecular weight excluding hydrogens is 498 g/mol. The van der Waals surface area contributed by atoms with Gasteiger partial charge >= 0.3 is 6.03 Å². The molecule has 1 aliphatic rings. The molecule has 0 saturated carbocycles. The van der Waals surface area contributed by atoms with E-state index in [1.54, 1.807) is 45.0 Å². The first-order valence-electron chi connectivity index (χ1n) is 12.9. The fourth-order valence-corrected chi connectivity index (χ4v) is 4.40. The highest BCUT2D eigenvalue weighted by Crippen LogP contribution is 2.28. The number of anilines is 1. The highest BCUT2D eigenvalue weighted by atomic mass is 16.5. The lowest BCUT2D eigenvalue weighted by molar-refractivity contribution is 0.0356. The van der Waals surface area contributed by atoms with Crippen molar-refractivity contribution in [3.05, 3.63) is 70.7 Å². The molecule has 206 valence electrons. The quantitative estimate of drug-likeness (QED) is 0.466. The molecule has 3 atom stereocenters. The van der Waals surface area contributed by atoms with E-state index in [1.807, 2.05) is 49.4 Å². The Hall–Kier alpha value is -4.18. The SMILES string of the molecule is Cc1noc(C)c1NC(=O)N(C)C[C@H]1Oc2ncc(C=Cc3ccccc3)cc2C(=O)N([C@@H](C)CO)C[C@H]1C. The van der Waals surface area contributed by atoms with E-state index >= 15 is 0 Å². The molecule has 2 N–H and O–H groups in total. The number of amides is 3. The van der Waals surface area contributed by atoms with Crippen LogP contribution in [0, 0.1) is 19.8 Å². The molecule has 1 aromatic carbocycles. The Morgan fingerprint density at radius 1 is 1.26 bits per heavy atom. The van der Waals surface area contributed by atoms with Crippen molar-refractivity contribution in [1.82, 2.24) is 19.9 Å². The normalized spacial score (nSPS) is 18.2. The first-order chi connectivity index (χ1) is 18.7. The van der Waals surface area contributed by atoms with E-state index in [1.165, 1.54) is 4.90 Å². The molecule has 0 radical (unpaired) electrons. The second kappa shape index (κ2) is 12.1. The van der Waals surface area contributed by atoms with E-state index in [-0.39, 0.29) is 36.9 Å². The zero-order valence-electron chi connectivity index (χ0n) is 22.9. The molecule has 0 fully saturated rings. The van der Waals surface area contributed by atoms with E-state index in [4.69, 9.17) is 9.26 Å². The van der Waals surface area contributed by atoms with E-state index < -0.39 is 12.1 Å². The minimum Gasteiger partial charge on any atom is -0.472 e. The van der Waals surface area contributed by atoms with Gasteiger partial charge in [0.05, 0.1) is 19.2 Å². The number of pyridine rings is 1. The largest absolute Gasteiger partial charge is 0.472 e. The number of aromatic nitrogens is 2. The minimum absolute atomic E-state index is 0.162. The fraction of sp³-hybridized carbons (Fsp3) is 0.379. The molecule has 0 spiro atoms. The van der Waals surface area contributed by atoms with Crippen LogP contribution in [0.5, 0.6) is 5.88 Å². The van der Waals surface area contributed by atoms with Crippen molar-refractivity contribution in [3.63, 3.8) is 0 Å². The highest BCUT2D eigenvalue weighted by Gasteiger charge is 2.34. The maximum atomic E-state index is 13.6. The zero-order chi connectivity index (χ0) is 28.1. The van der Waals surface area contributed by atoms with Gasteiger partial charge < -0.3 is 29.5 Å². The van der Waals surface area contributed by atoms with Crippen LogP contribution in [0.3, 0.4) is 0 Å². The second-order valence-electron chi connectivity index (χ2n) is 10.00. The van der Waals surface area contributed by atoms with Gasteiger partial charge in [0.25, 0.3) is 5.91 Å². The van der Waals surface area contributed by atoms with E-state index in [0.29, 0.717) is 29.2 Å². The third-order valence-corrected chi connectivity index (χ3v) is 6.88. The number of nitrogens with zero attached hydrogens (tertiary/aromatic N) is 4. The Bertz CT molecular complexity index is 1320. The van der Waals surface area contributed by atoms with Gasteiger partial charge in [-0.05, 0) is 38.0 Å². The van der Waals surface area contributed by atoms with Gasteiger partial charge in [0.15, 0.2) is 5.76 Å². The van der Waals surface area contributed by atoms with Crippen LogP contribution in [0.1, 0.15) is 46.8 Å². The molecule has 3 heterocycles. The number of ether oxygens (including phenoxy) is 1. The van der Waals surface area contributed by atoms with Crippen molar-refractivity contribution in [2.45, 2.75) is 39.8 Å². The number of fused-ring (bicyclic) bond motifs is 1. The summed E-state index contributed by atoms with van der Waals surface area (Å²) in [6, 6.07) is 10.8. The van der Waals surface area contributed by atoms with Crippen LogP contribution in [0.4, 0.5) is 10.5 Å².